The van der Waals surface area contributed by atoms with Crippen LogP contribution in [0.15, 0.2) is 29.3 Å². The van der Waals surface area contributed by atoms with Gasteiger partial charge in [0.15, 0.2) is 5.96 Å². The Labute approximate surface area is 161 Å². The zero-order chi connectivity index (χ0) is 16.0. The second kappa shape index (κ2) is 14.7. The Kier molecular flexibility index (Phi) is 14.2. The number of ether oxygens (including phenoxy) is 2. The molecule has 0 aromatic heterocycles. The van der Waals surface area contributed by atoms with Gasteiger partial charge < -0.3 is 20.1 Å². The summed E-state index contributed by atoms with van der Waals surface area (Å²) in [5, 5.41) is 6.51. The highest BCUT2D eigenvalue weighted by Gasteiger charge is 1.98. The van der Waals surface area contributed by atoms with E-state index in [1.807, 2.05) is 36.0 Å². The number of guanidine groups is 1. The number of nitrogens with one attached hydrogen (secondary N) is 2. The summed E-state index contributed by atoms with van der Waals surface area (Å²) in [7, 11) is 1.65. The minimum atomic E-state index is 0. The van der Waals surface area contributed by atoms with E-state index in [1.54, 1.807) is 7.11 Å². The van der Waals surface area contributed by atoms with Crippen LogP contribution in [0.4, 0.5) is 0 Å². The summed E-state index contributed by atoms with van der Waals surface area (Å²) in [5.41, 5.74) is 0. The van der Waals surface area contributed by atoms with E-state index in [0.717, 1.165) is 42.7 Å². The molecule has 1 aromatic rings. The first kappa shape index (κ1) is 22.2. The molecule has 0 aliphatic carbocycles. The molecule has 1 rings (SSSR count). The van der Waals surface area contributed by atoms with E-state index in [0.29, 0.717) is 13.2 Å². The van der Waals surface area contributed by atoms with Crippen molar-refractivity contribution in [2.45, 2.75) is 13.3 Å². The Morgan fingerprint density at radius 2 is 1.87 bits per heavy atom. The van der Waals surface area contributed by atoms with Crippen LogP contribution < -0.4 is 20.1 Å². The largest absolute Gasteiger partial charge is 0.497 e. The van der Waals surface area contributed by atoms with Gasteiger partial charge in [-0.3, -0.25) is 4.99 Å². The molecule has 0 atom stereocenters. The van der Waals surface area contributed by atoms with Crippen LogP contribution in [0.2, 0.25) is 0 Å². The van der Waals surface area contributed by atoms with Crippen LogP contribution in [0, 0.1) is 0 Å². The molecule has 23 heavy (non-hydrogen) atoms. The molecule has 1 aromatic carbocycles. The monoisotopic (exact) mass is 453 g/mol. The first-order chi connectivity index (χ1) is 10.8. The quantitative estimate of drug-likeness (QED) is 0.247. The number of benzene rings is 1. The number of aliphatic imine (C=N–C) groups is 1. The number of methoxy groups -OCH3 is 1. The molecule has 0 saturated carbocycles. The summed E-state index contributed by atoms with van der Waals surface area (Å²) in [6.45, 7) is 5.05. The van der Waals surface area contributed by atoms with Crippen LogP contribution in [0.5, 0.6) is 11.5 Å². The molecule has 0 fully saturated rings. The van der Waals surface area contributed by atoms with Crippen molar-refractivity contribution in [3.63, 3.8) is 0 Å². The second-order valence-corrected chi connectivity index (χ2v) is 5.54. The summed E-state index contributed by atoms with van der Waals surface area (Å²) < 4.78 is 10.8. The molecule has 0 aliphatic heterocycles. The van der Waals surface area contributed by atoms with Gasteiger partial charge >= 0.3 is 0 Å². The van der Waals surface area contributed by atoms with Crippen molar-refractivity contribution in [3.05, 3.63) is 24.3 Å². The van der Waals surface area contributed by atoms with E-state index in [1.165, 1.54) is 0 Å². The van der Waals surface area contributed by atoms with Crippen LogP contribution in [0.3, 0.4) is 0 Å². The van der Waals surface area contributed by atoms with Crippen LogP contribution >= 0.6 is 35.7 Å². The summed E-state index contributed by atoms with van der Waals surface area (Å²) in [4.78, 5) is 4.53. The van der Waals surface area contributed by atoms with E-state index >= 15 is 0 Å². The Bertz CT molecular complexity index is 430. The second-order valence-electron chi connectivity index (χ2n) is 4.56. The number of rotatable bonds is 10. The third kappa shape index (κ3) is 10.5. The standard InChI is InChI=1S/C16H27N3O2S.HI/c1-4-17-16(18-10-5-13-22-3)19-11-12-21-15-8-6-14(20-2)7-9-15;/h6-9H,4-5,10-13H2,1-3H3,(H2,17,18,19);1H. The zero-order valence-electron chi connectivity index (χ0n) is 14.1. The highest BCUT2D eigenvalue weighted by molar-refractivity contribution is 14.0. The van der Waals surface area contributed by atoms with E-state index in [9.17, 15) is 0 Å². The Morgan fingerprint density at radius 3 is 2.48 bits per heavy atom. The van der Waals surface area contributed by atoms with Crippen LogP contribution in [-0.2, 0) is 0 Å². The van der Waals surface area contributed by atoms with E-state index in [-0.39, 0.29) is 24.0 Å². The smallest absolute Gasteiger partial charge is 0.191 e. The molecule has 132 valence electrons. The Balaban J connectivity index is 0.00000484. The van der Waals surface area contributed by atoms with Crippen molar-refractivity contribution in [2.24, 2.45) is 4.99 Å². The van der Waals surface area contributed by atoms with Crippen LogP contribution in [0.1, 0.15) is 13.3 Å². The summed E-state index contributed by atoms with van der Waals surface area (Å²) in [5.74, 6) is 3.66. The molecule has 0 radical (unpaired) electrons. The normalized spacial score (nSPS) is 10.7. The van der Waals surface area contributed by atoms with Crippen molar-refractivity contribution in [2.75, 3.05) is 45.4 Å². The number of halogens is 1. The fraction of sp³-hybridized carbons (Fsp3) is 0.562. The molecule has 0 saturated heterocycles. The van der Waals surface area contributed by atoms with Gasteiger partial charge in [0.25, 0.3) is 0 Å². The molecule has 0 amide bonds. The average Bonchev–Trinajstić information content (AvgIpc) is 2.56. The summed E-state index contributed by atoms with van der Waals surface area (Å²) >= 11 is 1.85. The molecule has 2 N–H and O–H groups in total. The maximum absolute atomic E-state index is 5.67. The van der Waals surface area contributed by atoms with Gasteiger partial charge in [0.1, 0.15) is 18.1 Å². The van der Waals surface area contributed by atoms with Gasteiger partial charge in [-0.05, 0) is 49.6 Å². The lowest BCUT2D eigenvalue weighted by Crippen LogP contribution is -2.39. The number of hydrogen-bond acceptors (Lipinski definition) is 4. The van der Waals surface area contributed by atoms with E-state index in [2.05, 4.69) is 28.8 Å². The third-order valence-electron chi connectivity index (χ3n) is 2.84. The molecule has 0 spiro atoms. The van der Waals surface area contributed by atoms with Crippen molar-refractivity contribution >= 4 is 41.7 Å². The summed E-state index contributed by atoms with van der Waals surface area (Å²) in [6.07, 6.45) is 3.21. The molecule has 0 aliphatic rings. The fourth-order valence-electron chi connectivity index (χ4n) is 1.75. The van der Waals surface area contributed by atoms with Crippen LogP contribution in [-0.4, -0.2) is 51.3 Å². The summed E-state index contributed by atoms with van der Waals surface area (Å²) in [6, 6.07) is 7.58. The minimum absolute atomic E-state index is 0. The van der Waals surface area contributed by atoms with Crippen LogP contribution in [0.25, 0.3) is 0 Å². The van der Waals surface area contributed by atoms with Gasteiger partial charge in [0, 0.05) is 13.1 Å². The maximum Gasteiger partial charge on any atom is 0.191 e. The van der Waals surface area contributed by atoms with Gasteiger partial charge in [-0.15, -0.1) is 24.0 Å². The zero-order valence-corrected chi connectivity index (χ0v) is 17.3. The molecular weight excluding hydrogens is 425 g/mol. The molecular formula is C16H28IN3O2S. The van der Waals surface area contributed by atoms with Crippen molar-refractivity contribution in [3.8, 4) is 11.5 Å². The number of nitrogens with zero attached hydrogens (tertiary/aromatic N) is 1. The lowest BCUT2D eigenvalue weighted by molar-refractivity contribution is 0.321. The molecule has 0 unspecified atom stereocenters. The van der Waals surface area contributed by atoms with Gasteiger partial charge in [-0.2, -0.15) is 11.8 Å². The lowest BCUT2D eigenvalue weighted by atomic mass is 10.3. The average molecular weight is 453 g/mol. The van der Waals surface area contributed by atoms with Gasteiger partial charge in [0.2, 0.25) is 0 Å². The third-order valence-corrected chi connectivity index (χ3v) is 3.54. The topological polar surface area (TPSA) is 54.9 Å². The first-order valence-electron chi connectivity index (χ1n) is 7.58. The Hall–Kier alpha value is -0.830. The molecule has 0 heterocycles. The number of thioether (sulfide) groups is 1. The van der Waals surface area contributed by atoms with Crippen molar-refractivity contribution in [1.82, 2.24) is 10.6 Å². The molecule has 0 bridgehead atoms. The van der Waals surface area contributed by atoms with Crippen molar-refractivity contribution in [1.29, 1.82) is 0 Å². The predicted molar refractivity (Wildman–Crippen MR) is 111 cm³/mol. The SMILES string of the molecule is CCNC(=NCCCSC)NCCOc1ccc(OC)cc1.I. The maximum atomic E-state index is 5.67. The highest BCUT2D eigenvalue weighted by atomic mass is 127. The van der Waals surface area contributed by atoms with Gasteiger partial charge in [-0.25, -0.2) is 0 Å². The first-order valence-corrected chi connectivity index (χ1v) is 8.97. The lowest BCUT2D eigenvalue weighted by Gasteiger charge is -2.12. The van der Waals surface area contributed by atoms with Crippen molar-refractivity contribution < 1.29 is 9.47 Å². The Morgan fingerprint density at radius 1 is 1.17 bits per heavy atom. The highest BCUT2D eigenvalue weighted by Crippen LogP contribution is 2.16. The fourth-order valence-corrected chi connectivity index (χ4v) is 2.17. The molecule has 5 nitrogen and oxygen atoms in total. The number of hydrogen-bond donors (Lipinski definition) is 2. The van der Waals surface area contributed by atoms with Gasteiger partial charge in [0.05, 0.1) is 13.7 Å². The predicted octanol–water partition coefficient (Wildman–Crippen LogP) is 3.00. The minimum Gasteiger partial charge on any atom is -0.497 e. The molecule has 7 heteroatoms. The van der Waals surface area contributed by atoms with E-state index in [4.69, 9.17) is 9.47 Å². The van der Waals surface area contributed by atoms with Gasteiger partial charge in [-0.1, -0.05) is 0 Å². The van der Waals surface area contributed by atoms with E-state index < -0.39 is 0 Å².